The quantitative estimate of drug-likeness (QED) is 0.105. The zero-order valence-corrected chi connectivity index (χ0v) is 24.4. The fourth-order valence-electron chi connectivity index (χ4n) is 3.91. The van der Waals surface area contributed by atoms with E-state index >= 15 is 0 Å². The molecule has 0 aliphatic carbocycles. The van der Waals surface area contributed by atoms with E-state index in [-0.39, 0.29) is 19.0 Å². The maximum atomic E-state index is 12.4. The van der Waals surface area contributed by atoms with Crippen LogP contribution in [0.1, 0.15) is 98.8 Å². The topological polar surface area (TPSA) is 72.8 Å². The summed E-state index contributed by atoms with van der Waals surface area (Å²) in [5.74, 6) is -0.851. The van der Waals surface area contributed by atoms with Crippen LogP contribution in [0.15, 0.2) is 0 Å². The average Bonchev–Trinajstić information content (AvgIpc) is 2.81. The highest BCUT2D eigenvalue weighted by Gasteiger charge is 2.30. The van der Waals surface area contributed by atoms with Gasteiger partial charge >= 0.3 is 11.9 Å². The second-order valence-electron chi connectivity index (χ2n) is 11.8. The summed E-state index contributed by atoms with van der Waals surface area (Å²) < 4.78 is 12.1. The van der Waals surface area contributed by atoms with E-state index in [0.717, 1.165) is 35.0 Å². The van der Waals surface area contributed by atoms with Crippen LogP contribution in [0, 0.1) is 5.41 Å². The molecule has 0 heterocycles. The van der Waals surface area contributed by atoms with Gasteiger partial charge in [-0.3, -0.25) is 9.59 Å². The molecule has 0 aliphatic heterocycles. The Kier molecular flexibility index (Phi) is 16.7. The third kappa shape index (κ3) is 16.2. The summed E-state index contributed by atoms with van der Waals surface area (Å²) in [6, 6.07) is 0. The molecule has 0 bridgehead atoms. The van der Waals surface area contributed by atoms with Crippen molar-refractivity contribution >= 4 is 11.9 Å². The van der Waals surface area contributed by atoms with Gasteiger partial charge in [-0.15, -0.1) is 0 Å². The van der Waals surface area contributed by atoms with Gasteiger partial charge in [-0.1, -0.05) is 46.5 Å². The number of aliphatic hydroxyl groups excluding tert-OH is 1. The number of hydrogen-bond donors (Lipinski definition) is 1. The Bertz CT molecular complexity index is 594. The number of likely N-dealkylation sites (N-methyl/N-ethyl adjacent to an activating group) is 2. The van der Waals surface area contributed by atoms with Gasteiger partial charge in [0.05, 0.1) is 52.6 Å². The summed E-state index contributed by atoms with van der Waals surface area (Å²) >= 11 is 0. The van der Waals surface area contributed by atoms with Gasteiger partial charge < -0.3 is 23.5 Å². The number of rotatable bonds is 21. The fraction of sp³-hybridized carbons (Fsp3) is 0.929. The lowest BCUT2D eigenvalue weighted by Crippen LogP contribution is -2.54. The van der Waals surface area contributed by atoms with E-state index in [0.29, 0.717) is 13.0 Å². The predicted molar refractivity (Wildman–Crippen MR) is 143 cm³/mol. The number of unbranched alkanes of at least 4 members (excludes halogenated alkanes) is 6. The van der Waals surface area contributed by atoms with Crippen molar-refractivity contribution in [2.75, 3.05) is 60.5 Å². The highest BCUT2D eigenvalue weighted by Crippen LogP contribution is 2.22. The van der Waals surface area contributed by atoms with E-state index in [1.807, 2.05) is 6.92 Å². The van der Waals surface area contributed by atoms with E-state index < -0.39 is 17.7 Å². The summed E-state index contributed by atoms with van der Waals surface area (Å²) in [4.78, 5) is 24.5. The van der Waals surface area contributed by atoms with Crippen LogP contribution < -0.4 is 0 Å². The van der Waals surface area contributed by atoms with Gasteiger partial charge in [-0.2, -0.15) is 0 Å². The molecule has 7 nitrogen and oxygen atoms in total. The second kappa shape index (κ2) is 17.3. The van der Waals surface area contributed by atoms with Crippen LogP contribution in [0.2, 0.25) is 0 Å². The molecule has 0 fully saturated rings. The monoisotopic (exact) mass is 502 g/mol. The van der Waals surface area contributed by atoms with Crippen LogP contribution in [-0.2, 0) is 19.1 Å². The second-order valence-corrected chi connectivity index (χ2v) is 11.8. The number of esters is 2. The molecular weight excluding hydrogens is 444 g/mol. The zero-order valence-electron chi connectivity index (χ0n) is 24.4. The van der Waals surface area contributed by atoms with Crippen molar-refractivity contribution in [3.8, 4) is 0 Å². The summed E-state index contributed by atoms with van der Waals surface area (Å²) in [5.41, 5.74) is -0.676. The maximum absolute atomic E-state index is 12.4. The van der Waals surface area contributed by atoms with Crippen molar-refractivity contribution in [3.05, 3.63) is 0 Å². The summed E-state index contributed by atoms with van der Waals surface area (Å²) in [6.45, 7) is 14.6. The van der Waals surface area contributed by atoms with E-state index in [1.54, 1.807) is 13.8 Å². The van der Waals surface area contributed by atoms with Crippen molar-refractivity contribution in [2.24, 2.45) is 5.41 Å². The third-order valence-corrected chi connectivity index (χ3v) is 7.34. The van der Waals surface area contributed by atoms with Crippen LogP contribution in [-0.4, -0.2) is 92.8 Å². The molecule has 0 spiro atoms. The summed E-state index contributed by atoms with van der Waals surface area (Å²) in [5, 5.41) is 9.97. The van der Waals surface area contributed by atoms with Gasteiger partial charge in [-0.25, -0.2) is 0 Å². The lowest BCUT2D eigenvalue weighted by Gasteiger charge is -2.38. The standard InChI is InChI=1S/C28H58N2O5/c1-9-12-14-16-19-29(6,7)22-23-30(8,20-17-15-13-10-2)21-18-25(31)34-24-26(32)35-27(33)28(4,5)11-3/h26,32H,9-24H2,1-8H3/q+2. The molecule has 1 N–H and O–H groups in total. The normalized spacial score (nSPS) is 14.9. The first-order chi connectivity index (χ1) is 16.3. The van der Waals surface area contributed by atoms with E-state index in [9.17, 15) is 14.7 Å². The molecule has 0 aromatic rings. The molecule has 0 radical (unpaired) electrons. The lowest BCUT2D eigenvalue weighted by molar-refractivity contribution is -0.955. The number of carbonyl (C=O) groups excluding carboxylic acids is 2. The van der Waals surface area contributed by atoms with Crippen molar-refractivity contribution in [1.82, 2.24) is 0 Å². The molecule has 0 aliphatic rings. The van der Waals surface area contributed by atoms with Crippen LogP contribution >= 0.6 is 0 Å². The molecule has 0 rings (SSSR count). The molecule has 208 valence electrons. The van der Waals surface area contributed by atoms with Crippen molar-refractivity contribution in [1.29, 1.82) is 0 Å². The number of quaternary nitrogens is 2. The van der Waals surface area contributed by atoms with E-state index in [4.69, 9.17) is 9.47 Å². The van der Waals surface area contributed by atoms with Crippen molar-refractivity contribution in [3.63, 3.8) is 0 Å². The van der Waals surface area contributed by atoms with Gasteiger partial charge in [0.25, 0.3) is 0 Å². The zero-order chi connectivity index (χ0) is 27.0. The number of nitrogens with zero attached hydrogens (tertiary/aromatic N) is 2. The third-order valence-electron chi connectivity index (χ3n) is 7.34. The molecule has 7 heteroatoms. The Labute approximate surface area is 216 Å². The lowest BCUT2D eigenvalue weighted by atomic mass is 9.91. The average molecular weight is 503 g/mol. The highest BCUT2D eigenvalue weighted by atomic mass is 16.7. The van der Waals surface area contributed by atoms with Gasteiger partial charge in [0.1, 0.15) is 13.1 Å². The van der Waals surface area contributed by atoms with E-state index in [1.165, 1.54) is 51.5 Å². The Morgan fingerprint density at radius 3 is 1.91 bits per heavy atom. The molecule has 0 saturated carbocycles. The SMILES string of the molecule is CCCCCC[N+](C)(C)CC[N+](C)(CCCCCC)CCC(=O)OCC(O)OC(=O)C(C)(C)CC. The molecule has 35 heavy (non-hydrogen) atoms. The molecule has 2 unspecified atom stereocenters. The van der Waals surface area contributed by atoms with Crippen LogP contribution in [0.3, 0.4) is 0 Å². The number of ether oxygens (including phenoxy) is 2. The first kappa shape index (κ1) is 33.8. The highest BCUT2D eigenvalue weighted by molar-refractivity contribution is 5.76. The predicted octanol–water partition coefficient (Wildman–Crippen LogP) is 4.90. The van der Waals surface area contributed by atoms with Gasteiger partial charge in [0.2, 0.25) is 6.29 Å². The van der Waals surface area contributed by atoms with Gasteiger partial charge in [-0.05, 0) is 46.0 Å². The summed E-state index contributed by atoms with van der Waals surface area (Å²) in [6.07, 6.45) is 9.40. The van der Waals surface area contributed by atoms with Gasteiger partial charge in [0.15, 0.2) is 6.61 Å². The minimum Gasteiger partial charge on any atom is -0.459 e. The minimum atomic E-state index is -1.43. The minimum absolute atomic E-state index is 0.287. The molecule has 0 saturated heterocycles. The van der Waals surface area contributed by atoms with Crippen molar-refractivity contribution in [2.45, 2.75) is 105 Å². The Hall–Kier alpha value is -1.18. The number of aliphatic hydroxyl groups is 1. The number of carbonyl (C=O) groups is 2. The summed E-state index contributed by atoms with van der Waals surface area (Å²) in [7, 11) is 6.87. The van der Waals surface area contributed by atoms with Gasteiger partial charge in [0, 0.05) is 0 Å². The van der Waals surface area contributed by atoms with E-state index in [2.05, 4.69) is 35.0 Å². The Morgan fingerprint density at radius 2 is 1.37 bits per heavy atom. The maximum Gasteiger partial charge on any atom is 0.313 e. The Morgan fingerprint density at radius 1 is 0.800 bits per heavy atom. The smallest absolute Gasteiger partial charge is 0.313 e. The van der Waals surface area contributed by atoms with Crippen LogP contribution in [0.4, 0.5) is 0 Å². The van der Waals surface area contributed by atoms with Crippen molar-refractivity contribution < 1.29 is 33.1 Å². The largest absolute Gasteiger partial charge is 0.459 e. The molecule has 0 aromatic heterocycles. The first-order valence-electron chi connectivity index (χ1n) is 14.0. The molecule has 0 aromatic carbocycles. The molecule has 0 amide bonds. The first-order valence-corrected chi connectivity index (χ1v) is 14.0. The van der Waals surface area contributed by atoms with Crippen LogP contribution in [0.25, 0.3) is 0 Å². The number of hydrogen-bond acceptors (Lipinski definition) is 5. The fourth-order valence-corrected chi connectivity index (χ4v) is 3.91. The molecular formula is C28H58N2O5+2. The molecule has 2 atom stereocenters. The Balaban J connectivity index is 4.74. The van der Waals surface area contributed by atoms with Crippen LogP contribution in [0.5, 0.6) is 0 Å².